The molecule has 6 nitrogen and oxygen atoms in total. The van der Waals surface area contributed by atoms with Crippen LogP contribution in [0.15, 0.2) is 43.0 Å². The Bertz CT molecular complexity index is 746. The maximum absolute atomic E-state index is 12.4. The first kappa shape index (κ1) is 23.0. The third kappa shape index (κ3) is 6.94. The van der Waals surface area contributed by atoms with Crippen LogP contribution in [0.3, 0.4) is 0 Å². The van der Waals surface area contributed by atoms with Crippen molar-refractivity contribution >= 4 is 17.8 Å². The van der Waals surface area contributed by atoms with Gasteiger partial charge in [-0.2, -0.15) is 0 Å². The van der Waals surface area contributed by atoms with Gasteiger partial charge in [0.25, 0.3) is 0 Å². The van der Waals surface area contributed by atoms with Gasteiger partial charge in [0.2, 0.25) is 5.91 Å². The molecule has 2 fully saturated rings. The van der Waals surface area contributed by atoms with Gasteiger partial charge in [-0.25, -0.2) is 0 Å². The van der Waals surface area contributed by atoms with E-state index in [4.69, 9.17) is 9.47 Å². The number of carbonyl (C=O) groups is 3. The Balaban J connectivity index is 1.33. The van der Waals surface area contributed by atoms with Crippen molar-refractivity contribution in [1.82, 2.24) is 5.32 Å². The predicted octanol–water partition coefficient (Wildman–Crippen LogP) is 4.05. The molecule has 0 radical (unpaired) electrons. The number of nitrogens with one attached hydrogen (secondary N) is 1. The third-order valence-electron chi connectivity index (χ3n) is 6.67. The Labute approximate surface area is 184 Å². The van der Waals surface area contributed by atoms with E-state index in [1.165, 1.54) is 6.08 Å². The molecular weight excluding hydrogens is 394 g/mol. The van der Waals surface area contributed by atoms with Crippen LogP contribution in [0.5, 0.6) is 5.75 Å². The lowest BCUT2D eigenvalue weighted by Crippen LogP contribution is -2.32. The molecule has 1 N–H and O–H groups in total. The van der Waals surface area contributed by atoms with Gasteiger partial charge < -0.3 is 14.8 Å². The smallest absolute Gasteiger partial charge is 0.314 e. The molecule has 1 aromatic carbocycles. The van der Waals surface area contributed by atoms with Gasteiger partial charge in [-0.05, 0) is 81.4 Å². The minimum Gasteiger partial charge on any atom is -0.464 e. The van der Waals surface area contributed by atoms with Crippen LogP contribution in [0.4, 0.5) is 0 Å². The summed E-state index contributed by atoms with van der Waals surface area (Å²) in [5, 5.41) is 2.60. The minimum atomic E-state index is -0.264. The predicted molar refractivity (Wildman–Crippen MR) is 117 cm³/mol. The topological polar surface area (TPSA) is 81.7 Å². The van der Waals surface area contributed by atoms with Gasteiger partial charge in [0, 0.05) is 0 Å². The van der Waals surface area contributed by atoms with Crippen LogP contribution in [-0.2, 0) is 19.1 Å². The summed E-state index contributed by atoms with van der Waals surface area (Å²) in [7, 11) is 0. The Kier molecular flexibility index (Phi) is 8.68. The van der Waals surface area contributed by atoms with Crippen LogP contribution in [0.2, 0.25) is 0 Å². The van der Waals surface area contributed by atoms with Gasteiger partial charge in [0.15, 0.2) is 0 Å². The van der Waals surface area contributed by atoms with Gasteiger partial charge in [-0.3, -0.25) is 14.4 Å². The van der Waals surface area contributed by atoms with E-state index in [1.807, 2.05) is 30.3 Å². The summed E-state index contributed by atoms with van der Waals surface area (Å²) in [6.07, 6.45) is 8.87. The molecule has 0 bridgehead atoms. The molecule has 2 aliphatic rings. The number of hydrogen-bond acceptors (Lipinski definition) is 5. The Morgan fingerprint density at radius 1 is 0.871 bits per heavy atom. The molecule has 31 heavy (non-hydrogen) atoms. The van der Waals surface area contributed by atoms with Crippen molar-refractivity contribution < 1.29 is 23.9 Å². The monoisotopic (exact) mass is 427 g/mol. The Morgan fingerprint density at radius 2 is 1.42 bits per heavy atom. The molecule has 2 aliphatic carbocycles. The van der Waals surface area contributed by atoms with Crippen LogP contribution < -0.4 is 10.1 Å². The highest BCUT2D eigenvalue weighted by atomic mass is 16.5. The fourth-order valence-corrected chi connectivity index (χ4v) is 4.86. The van der Waals surface area contributed by atoms with E-state index in [1.54, 1.807) is 0 Å². The second-order valence-corrected chi connectivity index (χ2v) is 8.62. The van der Waals surface area contributed by atoms with E-state index < -0.39 is 0 Å². The zero-order valence-electron chi connectivity index (χ0n) is 18.1. The maximum atomic E-state index is 12.4. The fourth-order valence-electron chi connectivity index (χ4n) is 4.86. The molecule has 3 rings (SSSR count). The summed E-state index contributed by atoms with van der Waals surface area (Å²) in [6, 6.07) is 9.26. The molecule has 0 spiro atoms. The normalized spacial score (nSPS) is 25.8. The van der Waals surface area contributed by atoms with Crippen LogP contribution >= 0.6 is 0 Å². The van der Waals surface area contributed by atoms with E-state index in [9.17, 15) is 14.4 Å². The van der Waals surface area contributed by atoms with Crippen LogP contribution in [-0.4, -0.2) is 31.0 Å². The van der Waals surface area contributed by atoms with Crippen molar-refractivity contribution in [2.24, 2.45) is 23.7 Å². The van der Waals surface area contributed by atoms with E-state index in [0.29, 0.717) is 24.1 Å². The maximum Gasteiger partial charge on any atom is 0.314 e. The number of benzene rings is 1. The molecule has 0 aromatic heterocycles. The summed E-state index contributed by atoms with van der Waals surface area (Å²) in [6.45, 7) is 3.88. The molecule has 0 saturated heterocycles. The van der Waals surface area contributed by atoms with Crippen LogP contribution in [0.1, 0.15) is 51.4 Å². The number of carbonyl (C=O) groups excluding carboxylic acids is 3. The Morgan fingerprint density at radius 3 is 1.97 bits per heavy atom. The van der Waals surface area contributed by atoms with Gasteiger partial charge >= 0.3 is 11.9 Å². The molecule has 0 atom stereocenters. The van der Waals surface area contributed by atoms with Crippen molar-refractivity contribution in [1.29, 1.82) is 0 Å². The number of para-hydroxylation sites is 1. The van der Waals surface area contributed by atoms with Crippen LogP contribution in [0.25, 0.3) is 0 Å². The third-order valence-corrected chi connectivity index (χ3v) is 6.67. The van der Waals surface area contributed by atoms with Crippen molar-refractivity contribution in [3.05, 3.63) is 43.0 Å². The lowest BCUT2D eigenvalue weighted by atomic mass is 9.69. The molecule has 168 valence electrons. The summed E-state index contributed by atoms with van der Waals surface area (Å²) >= 11 is 0. The highest BCUT2D eigenvalue weighted by Gasteiger charge is 2.35. The van der Waals surface area contributed by atoms with E-state index >= 15 is 0 Å². The fraction of sp³-hybridized carbons (Fsp3) is 0.560. The molecule has 0 aliphatic heterocycles. The summed E-state index contributed by atoms with van der Waals surface area (Å²) in [5.74, 6) is 1.29. The van der Waals surface area contributed by atoms with Gasteiger partial charge in [0.05, 0.1) is 18.4 Å². The zero-order valence-corrected chi connectivity index (χ0v) is 18.1. The SMILES string of the molecule is C=CC(=O)NCCOC(=O)C1CCC(C2CCC(C(=O)Oc3ccccc3)CC2)CC1. The van der Waals surface area contributed by atoms with Gasteiger partial charge in [-0.15, -0.1) is 0 Å². The number of esters is 2. The van der Waals surface area contributed by atoms with Gasteiger partial charge in [0.1, 0.15) is 12.4 Å². The Hall–Kier alpha value is -2.63. The lowest BCUT2D eigenvalue weighted by Gasteiger charge is -2.36. The summed E-state index contributed by atoms with van der Waals surface area (Å²) in [4.78, 5) is 35.8. The molecule has 6 heteroatoms. The first-order chi connectivity index (χ1) is 15.1. The van der Waals surface area contributed by atoms with E-state index in [2.05, 4.69) is 11.9 Å². The molecular formula is C25H33NO5. The van der Waals surface area contributed by atoms with Crippen molar-refractivity contribution in [2.75, 3.05) is 13.2 Å². The second-order valence-electron chi connectivity index (χ2n) is 8.62. The molecule has 1 aromatic rings. The van der Waals surface area contributed by atoms with E-state index in [-0.39, 0.29) is 36.3 Å². The summed E-state index contributed by atoms with van der Waals surface area (Å²) in [5.41, 5.74) is 0. The largest absolute Gasteiger partial charge is 0.464 e. The minimum absolute atomic E-state index is 0.00986. The summed E-state index contributed by atoms with van der Waals surface area (Å²) < 4.78 is 10.8. The number of ether oxygens (including phenoxy) is 2. The van der Waals surface area contributed by atoms with E-state index in [0.717, 1.165) is 51.4 Å². The lowest BCUT2D eigenvalue weighted by molar-refractivity contribution is -0.150. The van der Waals surface area contributed by atoms with Gasteiger partial charge in [-0.1, -0.05) is 24.8 Å². The molecule has 0 heterocycles. The zero-order chi connectivity index (χ0) is 22.1. The molecule has 1 amide bonds. The average Bonchev–Trinajstić information content (AvgIpc) is 2.82. The highest BCUT2D eigenvalue weighted by Crippen LogP contribution is 2.41. The molecule has 2 saturated carbocycles. The van der Waals surface area contributed by atoms with Crippen molar-refractivity contribution in [3.63, 3.8) is 0 Å². The standard InChI is InChI=1S/C25H33NO5/c1-2-23(27)26-16-17-30-24(28)20-12-8-18(9-13-20)19-10-14-21(15-11-19)25(29)31-22-6-4-3-5-7-22/h2-7,18-21H,1,8-17H2,(H,26,27). The quantitative estimate of drug-likeness (QED) is 0.293. The number of hydrogen-bond donors (Lipinski definition) is 1. The number of amides is 1. The number of rotatable bonds is 8. The highest BCUT2D eigenvalue weighted by molar-refractivity contribution is 5.86. The average molecular weight is 428 g/mol. The van der Waals surface area contributed by atoms with Crippen LogP contribution in [0, 0.1) is 23.7 Å². The first-order valence-electron chi connectivity index (χ1n) is 11.4. The van der Waals surface area contributed by atoms with Crippen molar-refractivity contribution in [3.8, 4) is 5.75 Å². The first-order valence-corrected chi connectivity index (χ1v) is 11.4. The van der Waals surface area contributed by atoms with Crippen molar-refractivity contribution in [2.45, 2.75) is 51.4 Å². The second kappa shape index (κ2) is 11.7. The molecule has 0 unspecified atom stereocenters.